The summed E-state index contributed by atoms with van der Waals surface area (Å²) in [5, 5.41) is 5.02. The Hall–Kier alpha value is -2.04. The van der Waals surface area contributed by atoms with Gasteiger partial charge in [-0.2, -0.15) is 0 Å². The van der Waals surface area contributed by atoms with Crippen molar-refractivity contribution in [2.75, 3.05) is 0 Å². The van der Waals surface area contributed by atoms with E-state index in [2.05, 4.69) is 74.1 Å². The summed E-state index contributed by atoms with van der Waals surface area (Å²) in [5.74, 6) is 1.26. The number of hydrogen-bond acceptors (Lipinski definition) is 4. The van der Waals surface area contributed by atoms with Crippen LogP contribution in [0.15, 0.2) is 48.8 Å². The second kappa shape index (κ2) is 8.14. The van der Waals surface area contributed by atoms with Gasteiger partial charge in [0.1, 0.15) is 0 Å². The first-order chi connectivity index (χ1) is 13.5. The van der Waals surface area contributed by atoms with Gasteiger partial charge >= 0.3 is 0 Å². The molecule has 0 fully saturated rings. The molecule has 0 saturated carbocycles. The van der Waals surface area contributed by atoms with Crippen molar-refractivity contribution >= 4 is 33.4 Å². The molecule has 2 aromatic carbocycles. The first kappa shape index (κ1) is 19.3. The van der Waals surface area contributed by atoms with Gasteiger partial charge in [-0.3, -0.25) is 0 Å². The van der Waals surface area contributed by atoms with Crippen LogP contribution in [-0.2, 0) is 12.8 Å². The molecule has 144 valence electrons. The van der Waals surface area contributed by atoms with Gasteiger partial charge < -0.3 is 0 Å². The molecule has 4 rings (SSSR count). The van der Waals surface area contributed by atoms with Crippen molar-refractivity contribution in [2.45, 2.75) is 40.5 Å². The smallest absolute Gasteiger partial charge is 0.0933 e. The molecule has 0 saturated heterocycles. The van der Waals surface area contributed by atoms with Gasteiger partial charge in [0.05, 0.1) is 19.8 Å². The quantitative estimate of drug-likeness (QED) is 0.331. The molecule has 0 aliphatic heterocycles. The summed E-state index contributed by atoms with van der Waals surface area (Å²) in [6.07, 6.45) is 6.16. The predicted octanol–water partition coefficient (Wildman–Crippen LogP) is 7.48. The Kier molecular flexibility index (Phi) is 5.61. The maximum Gasteiger partial charge on any atom is 0.0933 e. The molecule has 0 atom stereocenters. The van der Waals surface area contributed by atoms with Crippen molar-refractivity contribution in [3.8, 4) is 20.9 Å². The molecule has 28 heavy (non-hydrogen) atoms. The van der Waals surface area contributed by atoms with Crippen LogP contribution in [0.3, 0.4) is 0 Å². The zero-order valence-electron chi connectivity index (χ0n) is 16.9. The van der Waals surface area contributed by atoms with Gasteiger partial charge in [0, 0.05) is 36.4 Å². The van der Waals surface area contributed by atoms with Gasteiger partial charge in [0.25, 0.3) is 0 Å². The SMILES string of the molecule is CC(C)Cc1ncc(-c2ccc(-c3cnc(CC(C)C)s3)c3ccccc23)s1. The predicted molar refractivity (Wildman–Crippen MR) is 123 cm³/mol. The van der Waals surface area contributed by atoms with Crippen molar-refractivity contribution < 1.29 is 0 Å². The summed E-state index contributed by atoms with van der Waals surface area (Å²) < 4.78 is 0. The van der Waals surface area contributed by atoms with E-state index in [9.17, 15) is 0 Å². The molecule has 2 aromatic heterocycles. The topological polar surface area (TPSA) is 25.8 Å². The summed E-state index contributed by atoms with van der Waals surface area (Å²) in [7, 11) is 0. The van der Waals surface area contributed by atoms with Crippen LogP contribution in [-0.4, -0.2) is 9.97 Å². The Labute approximate surface area is 175 Å². The number of rotatable bonds is 6. The maximum atomic E-state index is 4.66. The zero-order chi connectivity index (χ0) is 19.7. The normalized spacial score (nSPS) is 11.8. The summed E-state index contributed by atoms with van der Waals surface area (Å²) >= 11 is 3.64. The molecule has 4 aromatic rings. The standard InChI is InChI=1S/C24H26N2S2/c1-15(2)11-23-25-13-21(27-23)19-9-10-20(18-8-6-5-7-17(18)19)22-14-26-24(28-22)12-16(3)4/h5-10,13-16H,11-12H2,1-4H3. The highest BCUT2D eigenvalue weighted by Gasteiger charge is 2.14. The summed E-state index contributed by atoms with van der Waals surface area (Å²) in [6, 6.07) is 13.2. The Morgan fingerprint density at radius 2 is 1.11 bits per heavy atom. The minimum atomic E-state index is 0.629. The van der Waals surface area contributed by atoms with E-state index in [1.165, 1.54) is 41.7 Å². The van der Waals surface area contributed by atoms with E-state index in [0.717, 1.165) is 12.8 Å². The second-order valence-corrected chi connectivity index (χ2v) is 10.4. The van der Waals surface area contributed by atoms with Crippen LogP contribution in [0.4, 0.5) is 0 Å². The third-order valence-electron chi connectivity index (χ3n) is 4.73. The number of hydrogen-bond donors (Lipinski definition) is 0. The Balaban J connectivity index is 1.77. The highest BCUT2D eigenvalue weighted by Crippen LogP contribution is 2.39. The van der Waals surface area contributed by atoms with Gasteiger partial charge in [-0.05, 0) is 22.6 Å². The lowest BCUT2D eigenvalue weighted by molar-refractivity contribution is 0.644. The summed E-state index contributed by atoms with van der Waals surface area (Å²) in [6.45, 7) is 8.98. The van der Waals surface area contributed by atoms with Crippen molar-refractivity contribution in [2.24, 2.45) is 11.8 Å². The fourth-order valence-electron chi connectivity index (χ4n) is 3.49. The molecule has 2 nitrogen and oxygen atoms in total. The zero-order valence-corrected chi connectivity index (χ0v) is 18.5. The number of benzene rings is 2. The average Bonchev–Trinajstić information content (AvgIpc) is 3.29. The molecule has 0 unspecified atom stereocenters. The van der Waals surface area contributed by atoms with Gasteiger partial charge in [0.2, 0.25) is 0 Å². The Morgan fingerprint density at radius 1 is 0.679 bits per heavy atom. The van der Waals surface area contributed by atoms with Crippen molar-refractivity contribution in [3.05, 3.63) is 58.8 Å². The fraction of sp³-hybridized carbons (Fsp3) is 0.333. The molecule has 4 heteroatoms. The van der Waals surface area contributed by atoms with Crippen LogP contribution in [0.5, 0.6) is 0 Å². The molecule has 0 spiro atoms. The van der Waals surface area contributed by atoms with Crippen LogP contribution < -0.4 is 0 Å². The van der Waals surface area contributed by atoms with Crippen molar-refractivity contribution in [1.82, 2.24) is 9.97 Å². The van der Waals surface area contributed by atoms with Gasteiger partial charge in [0.15, 0.2) is 0 Å². The van der Waals surface area contributed by atoms with E-state index in [0.29, 0.717) is 11.8 Å². The molecule has 2 heterocycles. The highest BCUT2D eigenvalue weighted by atomic mass is 32.1. The van der Waals surface area contributed by atoms with Crippen LogP contribution >= 0.6 is 22.7 Å². The highest BCUT2D eigenvalue weighted by molar-refractivity contribution is 7.15. The first-order valence-corrected chi connectivity index (χ1v) is 11.6. The number of nitrogens with zero attached hydrogens (tertiary/aromatic N) is 2. The molecule has 0 aliphatic rings. The van der Waals surface area contributed by atoms with Crippen molar-refractivity contribution in [1.29, 1.82) is 0 Å². The average molecular weight is 407 g/mol. The number of fused-ring (bicyclic) bond motifs is 1. The molecule has 0 bridgehead atoms. The minimum Gasteiger partial charge on any atom is -0.249 e. The van der Waals surface area contributed by atoms with Gasteiger partial charge in [-0.1, -0.05) is 64.1 Å². The van der Waals surface area contributed by atoms with Gasteiger partial charge in [-0.25, -0.2) is 9.97 Å². The van der Waals surface area contributed by atoms with Crippen molar-refractivity contribution in [3.63, 3.8) is 0 Å². The second-order valence-electron chi connectivity index (χ2n) is 8.14. The molecule has 0 radical (unpaired) electrons. The minimum absolute atomic E-state index is 0.629. The molecule has 0 aliphatic carbocycles. The fourth-order valence-corrected chi connectivity index (χ4v) is 5.82. The van der Waals surface area contributed by atoms with Gasteiger partial charge in [-0.15, -0.1) is 22.7 Å². The van der Waals surface area contributed by atoms with Crippen LogP contribution in [0.25, 0.3) is 31.7 Å². The van der Waals surface area contributed by atoms with E-state index >= 15 is 0 Å². The Bertz CT molecular complexity index is 1000. The molecule has 0 amide bonds. The van der Waals surface area contributed by atoms with E-state index in [-0.39, 0.29) is 0 Å². The first-order valence-electron chi connectivity index (χ1n) is 9.93. The lowest BCUT2D eigenvalue weighted by Crippen LogP contribution is -1.91. The van der Waals surface area contributed by atoms with E-state index in [4.69, 9.17) is 0 Å². The lowest BCUT2D eigenvalue weighted by atomic mass is 9.98. The Morgan fingerprint density at radius 3 is 1.50 bits per heavy atom. The summed E-state index contributed by atoms with van der Waals surface area (Å²) in [5.41, 5.74) is 2.55. The third kappa shape index (κ3) is 4.03. The monoisotopic (exact) mass is 406 g/mol. The van der Waals surface area contributed by atoms with Crippen LogP contribution in [0, 0.1) is 11.8 Å². The largest absolute Gasteiger partial charge is 0.249 e. The summed E-state index contributed by atoms with van der Waals surface area (Å²) in [4.78, 5) is 11.8. The van der Waals surface area contributed by atoms with E-state index < -0.39 is 0 Å². The lowest BCUT2D eigenvalue weighted by Gasteiger charge is -2.09. The maximum absolute atomic E-state index is 4.66. The van der Waals surface area contributed by atoms with E-state index in [1.807, 2.05) is 35.1 Å². The number of thiazole rings is 2. The molecular formula is C24H26N2S2. The molecule has 0 N–H and O–H groups in total. The van der Waals surface area contributed by atoms with Crippen LogP contribution in [0.1, 0.15) is 37.7 Å². The molecular weight excluding hydrogens is 380 g/mol. The van der Waals surface area contributed by atoms with Crippen LogP contribution in [0.2, 0.25) is 0 Å². The number of aromatic nitrogens is 2. The third-order valence-corrected chi connectivity index (χ3v) is 6.83. The van der Waals surface area contributed by atoms with E-state index in [1.54, 1.807) is 0 Å².